The Hall–Kier alpha value is -2.92. The van der Waals surface area contributed by atoms with E-state index < -0.39 is 0 Å². The summed E-state index contributed by atoms with van der Waals surface area (Å²) in [6.45, 7) is 6.23. The van der Waals surface area contributed by atoms with Crippen molar-refractivity contribution in [3.8, 4) is 11.3 Å². The fourth-order valence-corrected chi connectivity index (χ4v) is 3.96. The lowest BCUT2D eigenvalue weighted by Gasteiger charge is -2.05. The highest BCUT2D eigenvalue weighted by Gasteiger charge is 2.13. The van der Waals surface area contributed by atoms with Gasteiger partial charge in [-0.2, -0.15) is 0 Å². The summed E-state index contributed by atoms with van der Waals surface area (Å²) < 4.78 is 2.02. The van der Waals surface area contributed by atoms with Crippen molar-refractivity contribution in [1.82, 2.24) is 9.38 Å². The number of hydrogen-bond acceptors (Lipinski definition) is 3. The zero-order valence-corrected chi connectivity index (χ0v) is 16.4. The lowest BCUT2D eigenvalue weighted by Crippen LogP contribution is -2.15. The lowest BCUT2D eigenvalue weighted by atomic mass is 10.0. The van der Waals surface area contributed by atoms with Crippen LogP contribution in [0.5, 0.6) is 0 Å². The standard InChI is InChI=1S/C22H21N3OS/c1-14-5-4-6-18(9-14)23-21(26)11-19-13-27-22-24-20(12-25(19)22)17-8-7-15(2)16(3)10-17/h4-10,12-13H,11H2,1-3H3,(H,23,26). The predicted octanol–water partition coefficient (Wildman–Crippen LogP) is 5.17. The van der Waals surface area contributed by atoms with E-state index in [4.69, 9.17) is 4.98 Å². The fraction of sp³-hybridized carbons (Fsp3) is 0.182. The Labute approximate surface area is 162 Å². The van der Waals surface area contributed by atoms with Crippen LogP contribution in [-0.2, 0) is 11.2 Å². The van der Waals surface area contributed by atoms with Crippen molar-refractivity contribution in [1.29, 1.82) is 0 Å². The summed E-state index contributed by atoms with van der Waals surface area (Å²) in [4.78, 5) is 18.1. The lowest BCUT2D eigenvalue weighted by molar-refractivity contribution is -0.115. The number of amides is 1. The van der Waals surface area contributed by atoms with Gasteiger partial charge in [-0.25, -0.2) is 4.98 Å². The summed E-state index contributed by atoms with van der Waals surface area (Å²) in [6, 6.07) is 14.2. The predicted molar refractivity (Wildman–Crippen MR) is 111 cm³/mol. The molecule has 136 valence electrons. The molecule has 5 heteroatoms. The maximum Gasteiger partial charge on any atom is 0.230 e. The summed E-state index contributed by atoms with van der Waals surface area (Å²) >= 11 is 1.56. The van der Waals surface area contributed by atoms with E-state index in [0.29, 0.717) is 6.42 Å². The third kappa shape index (κ3) is 3.64. The molecule has 2 aromatic carbocycles. The van der Waals surface area contributed by atoms with Gasteiger partial charge in [0.25, 0.3) is 0 Å². The van der Waals surface area contributed by atoms with E-state index in [-0.39, 0.29) is 5.91 Å². The minimum atomic E-state index is -0.0262. The number of aromatic nitrogens is 2. The van der Waals surface area contributed by atoms with E-state index in [1.54, 1.807) is 11.3 Å². The highest BCUT2D eigenvalue weighted by molar-refractivity contribution is 7.15. The topological polar surface area (TPSA) is 46.4 Å². The summed E-state index contributed by atoms with van der Waals surface area (Å²) in [5.41, 5.74) is 7.46. The van der Waals surface area contributed by atoms with Crippen LogP contribution < -0.4 is 5.32 Å². The number of carbonyl (C=O) groups excluding carboxylic acids is 1. The molecule has 0 radical (unpaired) electrons. The van der Waals surface area contributed by atoms with Gasteiger partial charge in [-0.3, -0.25) is 9.20 Å². The summed E-state index contributed by atoms with van der Waals surface area (Å²) in [7, 11) is 0. The van der Waals surface area contributed by atoms with Gasteiger partial charge in [0.05, 0.1) is 12.1 Å². The molecule has 0 unspecified atom stereocenters. The third-order valence-electron chi connectivity index (χ3n) is 4.73. The van der Waals surface area contributed by atoms with Crippen LogP contribution in [0.4, 0.5) is 5.69 Å². The number of anilines is 1. The van der Waals surface area contributed by atoms with Crippen LogP contribution in [0.2, 0.25) is 0 Å². The van der Waals surface area contributed by atoms with Crippen molar-refractivity contribution in [2.75, 3.05) is 5.32 Å². The van der Waals surface area contributed by atoms with Gasteiger partial charge in [-0.15, -0.1) is 11.3 Å². The van der Waals surface area contributed by atoms with Gasteiger partial charge in [0.2, 0.25) is 5.91 Å². The van der Waals surface area contributed by atoms with Crippen molar-refractivity contribution in [3.05, 3.63) is 76.4 Å². The van der Waals surface area contributed by atoms with E-state index in [1.807, 2.05) is 47.2 Å². The Balaban J connectivity index is 1.57. The van der Waals surface area contributed by atoms with Gasteiger partial charge in [-0.1, -0.05) is 24.3 Å². The molecule has 0 aliphatic heterocycles. The molecule has 4 aromatic rings. The quantitative estimate of drug-likeness (QED) is 0.535. The molecule has 1 N–H and O–H groups in total. The number of hydrogen-bond donors (Lipinski definition) is 1. The van der Waals surface area contributed by atoms with Gasteiger partial charge in [0.15, 0.2) is 4.96 Å². The van der Waals surface area contributed by atoms with Crippen molar-refractivity contribution >= 4 is 27.9 Å². The molecule has 2 heterocycles. The normalized spacial score (nSPS) is 11.1. The molecule has 0 fully saturated rings. The highest BCUT2D eigenvalue weighted by Crippen LogP contribution is 2.25. The number of thiazole rings is 1. The van der Waals surface area contributed by atoms with Crippen molar-refractivity contribution in [3.63, 3.8) is 0 Å². The fourth-order valence-electron chi connectivity index (χ4n) is 3.09. The summed E-state index contributed by atoms with van der Waals surface area (Å²) in [5.74, 6) is -0.0262. The first-order valence-electron chi connectivity index (χ1n) is 8.89. The van der Waals surface area contributed by atoms with Gasteiger partial charge < -0.3 is 5.32 Å². The Morgan fingerprint density at radius 3 is 2.74 bits per heavy atom. The molecule has 4 nitrogen and oxygen atoms in total. The van der Waals surface area contributed by atoms with E-state index >= 15 is 0 Å². The Bertz CT molecular complexity index is 1140. The van der Waals surface area contributed by atoms with Gasteiger partial charge in [0.1, 0.15) is 0 Å². The van der Waals surface area contributed by atoms with Crippen molar-refractivity contribution in [2.45, 2.75) is 27.2 Å². The molecule has 0 spiro atoms. The molecule has 0 bridgehead atoms. The molecule has 27 heavy (non-hydrogen) atoms. The largest absolute Gasteiger partial charge is 0.326 e. The molecule has 0 atom stereocenters. The highest BCUT2D eigenvalue weighted by atomic mass is 32.1. The average molecular weight is 375 g/mol. The minimum absolute atomic E-state index is 0.0262. The molecular formula is C22H21N3OS. The first-order valence-corrected chi connectivity index (χ1v) is 9.77. The number of fused-ring (bicyclic) bond motifs is 1. The number of carbonyl (C=O) groups is 1. The number of rotatable bonds is 4. The van der Waals surface area contributed by atoms with Crippen LogP contribution in [0.15, 0.2) is 54.0 Å². The van der Waals surface area contributed by atoms with Crippen LogP contribution in [0, 0.1) is 20.8 Å². The second-order valence-electron chi connectivity index (χ2n) is 6.90. The van der Waals surface area contributed by atoms with E-state index in [1.165, 1.54) is 11.1 Å². The first kappa shape index (κ1) is 17.5. The van der Waals surface area contributed by atoms with Crippen LogP contribution in [-0.4, -0.2) is 15.3 Å². The maximum atomic E-state index is 12.5. The molecule has 0 aliphatic carbocycles. The minimum Gasteiger partial charge on any atom is -0.326 e. The molecular weight excluding hydrogens is 354 g/mol. The summed E-state index contributed by atoms with van der Waals surface area (Å²) in [5, 5.41) is 4.97. The molecule has 2 aromatic heterocycles. The molecule has 1 amide bonds. The van der Waals surface area contributed by atoms with E-state index in [2.05, 4.69) is 37.4 Å². The van der Waals surface area contributed by atoms with Gasteiger partial charge in [-0.05, 0) is 55.7 Å². The van der Waals surface area contributed by atoms with Gasteiger partial charge in [0, 0.05) is 28.5 Å². The zero-order valence-electron chi connectivity index (χ0n) is 15.6. The smallest absolute Gasteiger partial charge is 0.230 e. The third-order valence-corrected chi connectivity index (χ3v) is 5.62. The number of benzene rings is 2. The monoisotopic (exact) mass is 375 g/mol. The van der Waals surface area contributed by atoms with Gasteiger partial charge >= 0.3 is 0 Å². The second-order valence-corrected chi connectivity index (χ2v) is 7.74. The number of nitrogens with zero attached hydrogens (tertiary/aromatic N) is 2. The maximum absolute atomic E-state index is 12.5. The van der Waals surface area contributed by atoms with Crippen molar-refractivity contribution in [2.24, 2.45) is 0 Å². The van der Waals surface area contributed by atoms with E-state index in [9.17, 15) is 4.79 Å². The van der Waals surface area contributed by atoms with Crippen LogP contribution in [0.1, 0.15) is 22.4 Å². The molecule has 0 aliphatic rings. The Morgan fingerprint density at radius 1 is 1.11 bits per heavy atom. The number of aryl methyl sites for hydroxylation is 3. The number of nitrogens with one attached hydrogen (secondary N) is 1. The van der Waals surface area contributed by atoms with Crippen LogP contribution in [0.25, 0.3) is 16.2 Å². The first-order chi connectivity index (χ1) is 13.0. The van der Waals surface area contributed by atoms with E-state index in [0.717, 1.165) is 33.2 Å². The molecule has 4 rings (SSSR count). The van der Waals surface area contributed by atoms with Crippen LogP contribution >= 0.6 is 11.3 Å². The average Bonchev–Trinajstić information content (AvgIpc) is 3.19. The second kappa shape index (κ2) is 7.00. The SMILES string of the molecule is Cc1cccc(NC(=O)Cc2csc3nc(-c4ccc(C)c(C)c4)cn23)c1. The zero-order chi connectivity index (χ0) is 19.0. The summed E-state index contributed by atoms with van der Waals surface area (Å²) in [6.07, 6.45) is 2.34. The number of imidazole rings is 1. The molecule has 0 saturated heterocycles. The Kier molecular flexibility index (Phi) is 4.54. The molecule has 0 saturated carbocycles. The van der Waals surface area contributed by atoms with Crippen molar-refractivity contribution < 1.29 is 4.79 Å². The Morgan fingerprint density at radius 2 is 1.96 bits per heavy atom. The van der Waals surface area contributed by atoms with Crippen LogP contribution in [0.3, 0.4) is 0 Å².